The molecule has 0 aromatic heterocycles. The van der Waals surface area contributed by atoms with Gasteiger partial charge in [-0.3, -0.25) is 9.59 Å². The number of amides is 1. The number of hydrogen-bond acceptors (Lipinski definition) is 2. The Labute approximate surface area is 99.8 Å². The summed E-state index contributed by atoms with van der Waals surface area (Å²) in [5, 5.41) is 2.35. The Morgan fingerprint density at radius 2 is 1.88 bits per heavy atom. The van der Waals surface area contributed by atoms with Gasteiger partial charge in [-0.25, -0.2) is 0 Å². The molecule has 1 N–H and O–H groups in total. The van der Waals surface area contributed by atoms with Gasteiger partial charge in [-0.2, -0.15) is 0 Å². The van der Waals surface area contributed by atoms with E-state index < -0.39 is 0 Å². The number of benzene rings is 1. The molecule has 86 valence electrons. The smallest absolute Gasteiger partial charge is 0.251 e. The Morgan fingerprint density at radius 3 is 2.44 bits per heavy atom. The maximum Gasteiger partial charge on any atom is 0.251 e. The number of rotatable bonds is 5. The molecule has 0 heterocycles. The van der Waals surface area contributed by atoms with Crippen molar-refractivity contribution in [1.29, 1.82) is 0 Å². The molecule has 3 nitrogen and oxygen atoms in total. The number of halogens is 1. The summed E-state index contributed by atoms with van der Waals surface area (Å²) in [5.41, 5.74) is 1.74. The second kappa shape index (κ2) is 6.28. The third-order valence-corrected chi connectivity index (χ3v) is 2.34. The van der Waals surface area contributed by atoms with Crippen molar-refractivity contribution in [2.24, 2.45) is 0 Å². The second-order valence-corrected chi connectivity index (χ2v) is 4.00. The molecule has 0 aliphatic carbocycles. The van der Waals surface area contributed by atoms with Gasteiger partial charge in [0, 0.05) is 18.5 Å². The highest BCUT2D eigenvalue weighted by atomic mass is 35.5. The predicted octanol–water partition coefficient (Wildman–Crippen LogP) is 2.27. The van der Waals surface area contributed by atoms with Crippen molar-refractivity contribution in [1.82, 2.24) is 5.32 Å². The van der Waals surface area contributed by atoms with E-state index in [4.69, 9.17) is 11.6 Å². The Hall–Kier alpha value is -1.35. The van der Waals surface area contributed by atoms with E-state index in [1.54, 1.807) is 12.1 Å². The zero-order valence-corrected chi connectivity index (χ0v) is 9.88. The van der Waals surface area contributed by atoms with Gasteiger partial charge in [-0.15, -0.1) is 0 Å². The van der Waals surface area contributed by atoms with Crippen LogP contribution in [0.5, 0.6) is 0 Å². The molecule has 0 spiro atoms. The van der Waals surface area contributed by atoms with Gasteiger partial charge >= 0.3 is 0 Å². The largest absolute Gasteiger partial charge is 0.352 e. The van der Waals surface area contributed by atoms with Crippen LogP contribution in [-0.2, 0) is 4.79 Å². The van der Waals surface area contributed by atoms with Gasteiger partial charge < -0.3 is 5.32 Å². The van der Waals surface area contributed by atoms with Crippen LogP contribution < -0.4 is 5.32 Å². The zero-order valence-electron chi connectivity index (χ0n) is 9.13. The number of carbonyl (C=O) groups excluding carboxylic acids is 2. The molecule has 16 heavy (non-hydrogen) atoms. The van der Waals surface area contributed by atoms with Crippen molar-refractivity contribution < 1.29 is 9.59 Å². The lowest BCUT2D eigenvalue weighted by Crippen LogP contribution is -2.24. The van der Waals surface area contributed by atoms with E-state index in [1.165, 1.54) is 0 Å². The second-order valence-electron chi connectivity index (χ2n) is 3.58. The minimum absolute atomic E-state index is 0.123. The van der Waals surface area contributed by atoms with Crippen LogP contribution in [0.3, 0.4) is 0 Å². The normalized spacial score (nSPS) is 9.88. The third kappa shape index (κ3) is 4.45. The molecule has 0 fully saturated rings. The standard InChI is InChI=1S/C12H14ClNO2/c1-9-4-6-10(7-5-9)12(16)14-8-2-3-11(13)15/h4-7H,2-3,8H2,1H3,(H,14,16). The Balaban J connectivity index is 2.35. The lowest BCUT2D eigenvalue weighted by molar-refractivity contribution is -0.111. The van der Waals surface area contributed by atoms with Crippen LogP contribution in [0.15, 0.2) is 24.3 Å². The lowest BCUT2D eigenvalue weighted by atomic mass is 10.1. The first-order valence-corrected chi connectivity index (χ1v) is 5.50. The molecular formula is C12H14ClNO2. The van der Waals surface area contributed by atoms with Gasteiger partial charge in [-0.05, 0) is 37.1 Å². The summed E-state index contributed by atoms with van der Waals surface area (Å²) in [5.74, 6) is -0.123. The van der Waals surface area contributed by atoms with E-state index in [0.717, 1.165) is 5.56 Å². The fourth-order valence-corrected chi connectivity index (χ4v) is 1.37. The van der Waals surface area contributed by atoms with Crippen molar-refractivity contribution in [3.63, 3.8) is 0 Å². The van der Waals surface area contributed by atoms with Crippen LogP contribution in [0, 0.1) is 6.92 Å². The summed E-state index contributed by atoms with van der Waals surface area (Å²) in [6.45, 7) is 2.43. The highest BCUT2D eigenvalue weighted by molar-refractivity contribution is 6.63. The lowest BCUT2D eigenvalue weighted by Gasteiger charge is -2.04. The quantitative estimate of drug-likeness (QED) is 0.633. The Bertz CT molecular complexity index is 373. The van der Waals surface area contributed by atoms with E-state index >= 15 is 0 Å². The molecule has 0 unspecified atom stereocenters. The SMILES string of the molecule is Cc1ccc(C(=O)NCCCC(=O)Cl)cc1. The number of carbonyl (C=O) groups is 2. The maximum atomic E-state index is 11.6. The summed E-state index contributed by atoms with van der Waals surface area (Å²) in [6.07, 6.45) is 0.857. The Morgan fingerprint density at radius 1 is 1.25 bits per heavy atom. The molecule has 0 saturated carbocycles. The maximum absolute atomic E-state index is 11.6. The van der Waals surface area contributed by atoms with Gasteiger partial charge in [0.15, 0.2) is 0 Å². The van der Waals surface area contributed by atoms with E-state index in [2.05, 4.69) is 5.32 Å². The highest BCUT2D eigenvalue weighted by Crippen LogP contribution is 2.02. The molecule has 0 saturated heterocycles. The van der Waals surface area contributed by atoms with Crippen molar-refractivity contribution >= 4 is 22.8 Å². The van der Waals surface area contributed by atoms with Crippen LogP contribution in [0.2, 0.25) is 0 Å². The van der Waals surface area contributed by atoms with E-state index in [-0.39, 0.29) is 17.6 Å². The number of aryl methyl sites for hydroxylation is 1. The highest BCUT2D eigenvalue weighted by Gasteiger charge is 2.04. The molecule has 0 aliphatic heterocycles. The fraction of sp³-hybridized carbons (Fsp3) is 0.333. The molecule has 0 aliphatic rings. The average molecular weight is 240 g/mol. The first-order valence-electron chi connectivity index (χ1n) is 5.13. The fourth-order valence-electron chi connectivity index (χ4n) is 1.24. The number of nitrogens with one attached hydrogen (secondary N) is 1. The van der Waals surface area contributed by atoms with E-state index in [9.17, 15) is 9.59 Å². The van der Waals surface area contributed by atoms with Crippen LogP contribution in [-0.4, -0.2) is 17.7 Å². The summed E-state index contributed by atoms with van der Waals surface area (Å²) in [4.78, 5) is 22.0. The summed E-state index contributed by atoms with van der Waals surface area (Å²) < 4.78 is 0. The van der Waals surface area contributed by atoms with E-state index in [0.29, 0.717) is 18.5 Å². The predicted molar refractivity (Wildman–Crippen MR) is 63.6 cm³/mol. The molecule has 0 radical (unpaired) electrons. The van der Waals surface area contributed by atoms with Crippen molar-refractivity contribution in [2.45, 2.75) is 19.8 Å². The number of hydrogen-bond donors (Lipinski definition) is 1. The summed E-state index contributed by atoms with van der Waals surface area (Å²) >= 11 is 5.18. The molecule has 4 heteroatoms. The summed E-state index contributed by atoms with van der Waals surface area (Å²) in [7, 11) is 0. The van der Waals surface area contributed by atoms with E-state index in [1.807, 2.05) is 19.1 Å². The topological polar surface area (TPSA) is 46.2 Å². The van der Waals surface area contributed by atoms with Crippen molar-refractivity contribution in [3.05, 3.63) is 35.4 Å². The van der Waals surface area contributed by atoms with Gasteiger partial charge in [0.05, 0.1) is 0 Å². The molecular weight excluding hydrogens is 226 g/mol. The molecule has 0 bridgehead atoms. The molecule has 0 atom stereocenters. The van der Waals surface area contributed by atoms with Gasteiger partial charge in [0.1, 0.15) is 0 Å². The first kappa shape index (κ1) is 12.7. The van der Waals surface area contributed by atoms with Gasteiger partial charge in [-0.1, -0.05) is 17.7 Å². The van der Waals surface area contributed by atoms with Crippen molar-refractivity contribution in [2.75, 3.05) is 6.54 Å². The minimum Gasteiger partial charge on any atom is -0.352 e. The first-order chi connectivity index (χ1) is 7.59. The Kier molecular flexibility index (Phi) is 4.99. The molecule has 1 amide bonds. The minimum atomic E-state index is -0.371. The third-order valence-electron chi connectivity index (χ3n) is 2.15. The van der Waals surface area contributed by atoms with Gasteiger partial charge in [0.25, 0.3) is 5.91 Å². The van der Waals surface area contributed by atoms with Crippen molar-refractivity contribution in [3.8, 4) is 0 Å². The van der Waals surface area contributed by atoms with Crippen LogP contribution in [0.25, 0.3) is 0 Å². The van der Waals surface area contributed by atoms with Crippen LogP contribution >= 0.6 is 11.6 Å². The molecule has 1 aromatic rings. The molecule has 1 aromatic carbocycles. The zero-order chi connectivity index (χ0) is 12.0. The molecule has 1 rings (SSSR count). The van der Waals surface area contributed by atoms with Gasteiger partial charge in [0.2, 0.25) is 5.24 Å². The van der Waals surface area contributed by atoms with Crippen LogP contribution in [0.1, 0.15) is 28.8 Å². The van der Waals surface area contributed by atoms with Crippen LogP contribution in [0.4, 0.5) is 0 Å². The average Bonchev–Trinajstić information content (AvgIpc) is 2.25. The monoisotopic (exact) mass is 239 g/mol. The summed E-state index contributed by atoms with van der Waals surface area (Å²) in [6, 6.07) is 7.32.